The van der Waals surface area contributed by atoms with Crippen LogP contribution in [0, 0.1) is 0 Å². The van der Waals surface area contributed by atoms with Gasteiger partial charge in [-0.15, -0.1) is 0 Å². The highest BCUT2D eigenvalue weighted by molar-refractivity contribution is 5.43. The van der Waals surface area contributed by atoms with Gasteiger partial charge in [0, 0.05) is 5.41 Å². The number of hydrogen-bond acceptors (Lipinski definition) is 0. The van der Waals surface area contributed by atoms with Crippen LogP contribution in [0.15, 0.2) is 72.8 Å². The molecule has 0 saturated carbocycles. The Balaban J connectivity index is 2.55. The molecule has 0 aliphatic rings. The molecule has 0 atom stereocenters. The van der Waals surface area contributed by atoms with Crippen molar-refractivity contribution in [3.8, 4) is 0 Å². The van der Waals surface area contributed by atoms with E-state index in [4.69, 9.17) is 0 Å². The first-order valence-corrected chi connectivity index (χ1v) is 6.02. The molecule has 2 aromatic rings. The molecule has 0 N–H and O–H groups in total. The van der Waals surface area contributed by atoms with Crippen molar-refractivity contribution in [3.63, 3.8) is 0 Å². The molecule has 0 nitrogen and oxygen atoms in total. The second kappa shape index (κ2) is 5.01. The number of rotatable bonds is 3. The molecule has 2 aromatic carbocycles. The van der Waals surface area contributed by atoms with Gasteiger partial charge in [0.2, 0.25) is 0 Å². The summed E-state index contributed by atoms with van der Waals surface area (Å²) < 4.78 is 0. The van der Waals surface area contributed by atoms with Gasteiger partial charge in [-0.3, -0.25) is 0 Å². The maximum Gasteiger partial charge on any atom is 0.0353 e. The molecule has 0 fully saturated rings. The first-order valence-electron chi connectivity index (χ1n) is 6.02. The van der Waals surface area contributed by atoms with Crippen LogP contribution >= 0.6 is 0 Å². The minimum Gasteiger partial charge on any atom is -0.0905 e. The Bertz CT molecular complexity index is 440. The summed E-state index contributed by atoms with van der Waals surface area (Å²) in [5, 5.41) is 0. The predicted octanol–water partition coefficient (Wildman–Crippen LogP) is 4.57. The third-order valence-corrected chi connectivity index (χ3v) is 3.25. The van der Waals surface area contributed by atoms with Crippen LogP contribution in [0.5, 0.6) is 0 Å². The SMILES string of the molecule is C/C=C/C(C)(c1ccccc1)c1ccccc1. The predicted molar refractivity (Wildman–Crippen MR) is 74.2 cm³/mol. The third-order valence-electron chi connectivity index (χ3n) is 3.25. The highest BCUT2D eigenvalue weighted by Crippen LogP contribution is 2.33. The van der Waals surface area contributed by atoms with Gasteiger partial charge in [-0.1, -0.05) is 72.8 Å². The number of allylic oxidation sites excluding steroid dienone is 2. The van der Waals surface area contributed by atoms with E-state index in [-0.39, 0.29) is 5.41 Å². The molecule has 0 bridgehead atoms. The first-order chi connectivity index (χ1) is 8.27. The Kier molecular flexibility index (Phi) is 3.43. The molecule has 0 spiro atoms. The van der Waals surface area contributed by atoms with Gasteiger partial charge in [0.1, 0.15) is 0 Å². The summed E-state index contributed by atoms with van der Waals surface area (Å²) in [5.41, 5.74) is 2.60. The van der Waals surface area contributed by atoms with Gasteiger partial charge in [-0.25, -0.2) is 0 Å². The van der Waals surface area contributed by atoms with E-state index in [2.05, 4.69) is 86.7 Å². The summed E-state index contributed by atoms with van der Waals surface area (Å²) in [6.07, 6.45) is 4.39. The van der Waals surface area contributed by atoms with Gasteiger partial charge < -0.3 is 0 Å². The summed E-state index contributed by atoms with van der Waals surface area (Å²) in [7, 11) is 0. The van der Waals surface area contributed by atoms with Crippen molar-refractivity contribution in [2.45, 2.75) is 19.3 Å². The zero-order valence-electron chi connectivity index (χ0n) is 10.4. The lowest BCUT2D eigenvalue weighted by molar-refractivity contribution is 0.722. The molecule has 0 aromatic heterocycles. The van der Waals surface area contributed by atoms with Crippen LogP contribution < -0.4 is 0 Å². The molecule has 0 heterocycles. The topological polar surface area (TPSA) is 0 Å². The molecular weight excluding hydrogens is 204 g/mol. The maximum absolute atomic E-state index is 2.26. The molecule has 0 amide bonds. The normalized spacial score (nSPS) is 11.9. The summed E-state index contributed by atoms with van der Waals surface area (Å²) in [4.78, 5) is 0. The lowest BCUT2D eigenvalue weighted by Crippen LogP contribution is -2.20. The van der Waals surface area contributed by atoms with Gasteiger partial charge in [-0.2, -0.15) is 0 Å². The number of benzene rings is 2. The average molecular weight is 222 g/mol. The van der Waals surface area contributed by atoms with Crippen molar-refractivity contribution in [2.75, 3.05) is 0 Å². The molecule has 0 aliphatic carbocycles. The van der Waals surface area contributed by atoms with E-state index in [9.17, 15) is 0 Å². The summed E-state index contributed by atoms with van der Waals surface area (Å²) in [5.74, 6) is 0. The van der Waals surface area contributed by atoms with Crippen molar-refractivity contribution in [1.82, 2.24) is 0 Å². The third kappa shape index (κ3) is 2.31. The lowest BCUT2D eigenvalue weighted by Gasteiger charge is -2.27. The molecule has 2 rings (SSSR count). The molecule has 0 unspecified atom stereocenters. The number of hydrogen-bond donors (Lipinski definition) is 0. The largest absolute Gasteiger partial charge is 0.0905 e. The van der Waals surface area contributed by atoms with Crippen molar-refractivity contribution < 1.29 is 0 Å². The van der Waals surface area contributed by atoms with E-state index < -0.39 is 0 Å². The van der Waals surface area contributed by atoms with E-state index >= 15 is 0 Å². The van der Waals surface area contributed by atoms with Crippen LogP contribution in [0.1, 0.15) is 25.0 Å². The summed E-state index contributed by atoms with van der Waals surface area (Å²) in [6.45, 7) is 4.34. The molecule has 0 heteroatoms. The smallest absolute Gasteiger partial charge is 0.0353 e. The van der Waals surface area contributed by atoms with Crippen LogP contribution in [0.3, 0.4) is 0 Å². The van der Waals surface area contributed by atoms with Crippen molar-refractivity contribution >= 4 is 0 Å². The summed E-state index contributed by atoms with van der Waals surface area (Å²) in [6, 6.07) is 21.3. The van der Waals surface area contributed by atoms with Gasteiger partial charge in [0.25, 0.3) is 0 Å². The van der Waals surface area contributed by atoms with Crippen LogP contribution in [0.25, 0.3) is 0 Å². The van der Waals surface area contributed by atoms with Crippen molar-refractivity contribution in [3.05, 3.63) is 83.9 Å². The molecule has 86 valence electrons. The van der Waals surface area contributed by atoms with Gasteiger partial charge in [0.15, 0.2) is 0 Å². The average Bonchev–Trinajstić information content (AvgIpc) is 2.41. The Morgan fingerprint density at radius 3 is 1.53 bits per heavy atom. The first kappa shape index (κ1) is 11.7. The Morgan fingerprint density at radius 1 is 0.765 bits per heavy atom. The Morgan fingerprint density at radius 2 is 1.18 bits per heavy atom. The molecular formula is C17H18. The Hall–Kier alpha value is -1.82. The second-order valence-electron chi connectivity index (χ2n) is 4.43. The van der Waals surface area contributed by atoms with E-state index in [1.165, 1.54) is 11.1 Å². The fraction of sp³-hybridized carbons (Fsp3) is 0.176. The zero-order chi connectivity index (χ0) is 12.1. The lowest BCUT2D eigenvalue weighted by atomic mass is 9.76. The molecule has 0 aliphatic heterocycles. The van der Waals surface area contributed by atoms with Crippen molar-refractivity contribution in [2.24, 2.45) is 0 Å². The standard InChI is InChI=1S/C17H18/c1-3-14-17(2,15-10-6-4-7-11-15)16-12-8-5-9-13-16/h3-14H,1-2H3/b14-3+. The quantitative estimate of drug-likeness (QED) is 0.667. The van der Waals surface area contributed by atoms with E-state index in [0.29, 0.717) is 0 Å². The minimum absolute atomic E-state index is 0.0444. The minimum atomic E-state index is -0.0444. The van der Waals surface area contributed by atoms with Gasteiger partial charge >= 0.3 is 0 Å². The highest BCUT2D eigenvalue weighted by Gasteiger charge is 2.24. The molecule has 0 radical (unpaired) electrons. The van der Waals surface area contributed by atoms with Crippen LogP contribution in [-0.4, -0.2) is 0 Å². The molecule has 17 heavy (non-hydrogen) atoms. The fourth-order valence-corrected chi connectivity index (χ4v) is 2.26. The second-order valence-corrected chi connectivity index (χ2v) is 4.43. The van der Waals surface area contributed by atoms with E-state index in [0.717, 1.165) is 0 Å². The molecule has 0 saturated heterocycles. The van der Waals surface area contributed by atoms with Gasteiger partial charge in [-0.05, 0) is 25.0 Å². The van der Waals surface area contributed by atoms with Crippen molar-refractivity contribution in [1.29, 1.82) is 0 Å². The van der Waals surface area contributed by atoms with E-state index in [1.807, 2.05) is 0 Å². The zero-order valence-corrected chi connectivity index (χ0v) is 10.4. The highest BCUT2D eigenvalue weighted by atomic mass is 14.3. The van der Waals surface area contributed by atoms with Crippen LogP contribution in [0.4, 0.5) is 0 Å². The fourth-order valence-electron chi connectivity index (χ4n) is 2.26. The van der Waals surface area contributed by atoms with Crippen LogP contribution in [-0.2, 0) is 5.41 Å². The monoisotopic (exact) mass is 222 g/mol. The Labute approximate surface area is 104 Å². The van der Waals surface area contributed by atoms with Crippen LogP contribution in [0.2, 0.25) is 0 Å². The van der Waals surface area contributed by atoms with Gasteiger partial charge in [0.05, 0.1) is 0 Å². The maximum atomic E-state index is 2.26. The summed E-state index contributed by atoms with van der Waals surface area (Å²) >= 11 is 0. The van der Waals surface area contributed by atoms with E-state index in [1.54, 1.807) is 0 Å².